The van der Waals surface area contributed by atoms with Gasteiger partial charge in [0.05, 0.1) is 19.8 Å². The van der Waals surface area contributed by atoms with Gasteiger partial charge in [-0.05, 0) is 97.3 Å². The van der Waals surface area contributed by atoms with Crippen molar-refractivity contribution in [3.63, 3.8) is 0 Å². The maximum absolute atomic E-state index is 11.9. The maximum atomic E-state index is 11.9. The molecule has 0 amide bonds. The van der Waals surface area contributed by atoms with Crippen LogP contribution < -0.4 is 0 Å². The zero-order valence-corrected chi connectivity index (χ0v) is 34.1. The van der Waals surface area contributed by atoms with E-state index in [0.717, 1.165) is 0 Å². The van der Waals surface area contributed by atoms with Crippen molar-refractivity contribution in [1.29, 1.82) is 0 Å². The van der Waals surface area contributed by atoms with Crippen LogP contribution >= 0.6 is 0 Å². The predicted molar refractivity (Wildman–Crippen MR) is 180 cm³/mol. The first-order valence-corrected chi connectivity index (χ1v) is 25.0. The second-order valence-electron chi connectivity index (χ2n) is 11.6. The SMILES string of the molecule is C=C(C)C(=O)OCCC[Si]1(C)O[Si](C)(CC)O[Si](C)(CCCOC(=O)C(=C)C)O[Si](C)(CCCOC(=O)C(=C)C)O1.[C-]#CC.[V]. The monoisotopic (exact) mass is 736 g/mol. The number of ether oxygens (including phenoxy) is 3. The third-order valence-electron chi connectivity index (χ3n) is 6.44. The molecule has 0 bridgehead atoms. The smallest absolute Gasteiger partial charge is 0.333 e. The molecule has 15 heteroatoms. The van der Waals surface area contributed by atoms with E-state index in [4.69, 9.17) is 37.1 Å². The minimum atomic E-state index is -2.93. The Labute approximate surface area is 287 Å². The van der Waals surface area contributed by atoms with Crippen molar-refractivity contribution in [1.82, 2.24) is 0 Å². The van der Waals surface area contributed by atoms with Crippen molar-refractivity contribution in [2.24, 2.45) is 0 Å². The van der Waals surface area contributed by atoms with Gasteiger partial charge in [-0.2, -0.15) is 0 Å². The van der Waals surface area contributed by atoms with Gasteiger partial charge in [0, 0.05) is 35.3 Å². The van der Waals surface area contributed by atoms with Crippen LogP contribution in [0.15, 0.2) is 36.5 Å². The number of esters is 3. The topological polar surface area (TPSA) is 116 Å². The van der Waals surface area contributed by atoms with Gasteiger partial charge in [0.1, 0.15) is 0 Å². The zero-order chi connectivity index (χ0) is 34.2. The summed E-state index contributed by atoms with van der Waals surface area (Å²) in [5, 5.41) is 0. The molecule has 0 aromatic heterocycles. The third kappa shape index (κ3) is 18.4. The van der Waals surface area contributed by atoms with E-state index in [1.54, 1.807) is 27.7 Å². The summed E-state index contributed by atoms with van der Waals surface area (Å²) in [5.41, 5.74) is 1.05. The Hall–Kier alpha value is -1.52. The summed E-state index contributed by atoms with van der Waals surface area (Å²) < 4.78 is 43.6. The summed E-state index contributed by atoms with van der Waals surface area (Å²) in [6.07, 6.45) is 7.64. The van der Waals surface area contributed by atoms with Crippen molar-refractivity contribution < 1.29 is 63.6 Å². The molecule has 0 spiro atoms. The van der Waals surface area contributed by atoms with E-state index in [0.29, 0.717) is 60.2 Å². The van der Waals surface area contributed by atoms with E-state index in [9.17, 15) is 14.4 Å². The van der Waals surface area contributed by atoms with Gasteiger partial charge in [-0.3, -0.25) is 0 Å². The fourth-order valence-corrected chi connectivity index (χ4v) is 27.1. The molecule has 10 nitrogen and oxygen atoms in total. The number of rotatable bonds is 16. The van der Waals surface area contributed by atoms with Gasteiger partial charge in [-0.1, -0.05) is 26.7 Å². The van der Waals surface area contributed by atoms with E-state index in [1.807, 2.05) is 39.0 Å². The van der Waals surface area contributed by atoms with Crippen LogP contribution in [0.4, 0.5) is 0 Å². The second kappa shape index (κ2) is 21.4. The van der Waals surface area contributed by atoms with E-state index in [1.165, 1.54) is 0 Å². The Morgan fingerprint density at radius 3 is 1.04 bits per heavy atom. The van der Waals surface area contributed by atoms with Gasteiger partial charge in [-0.25, -0.2) is 14.4 Å². The van der Waals surface area contributed by atoms with E-state index >= 15 is 0 Å². The van der Waals surface area contributed by atoms with Crippen molar-refractivity contribution in [2.45, 2.75) is 104 Å². The summed E-state index contributed by atoms with van der Waals surface area (Å²) in [6, 6.07) is 2.45. The molecule has 255 valence electrons. The van der Waals surface area contributed by atoms with E-state index in [-0.39, 0.29) is 38.4 Å². The largest absolute Gasteiger partial charge is 0.694 e. The van der Waals surface area contributed by atoms with Crippen LogP contribution in [0.1, 0.15) is 53.9 Å². The Balaban J connectivity index is 0. The van der Waals surface area contributed by atoms with Crippen molar-refractivity contribution in [2.75, 3.05) is 19.8 Å². The van der Waals surface area contributed by atoms with Gasteiger partial charge in [0.2, 0.25) is 0 Å². The average Bonchev–Trinajstić information content (AvgIpc) is 2.90. The Morgan fingerprint density at radius 2 is 0.844 bits per heavy atom. The van der Waals surface area contributed by atoms with Crippen LogP contribution in [0.25, 0.3) is 0 Å². The molecule has 0 aliphatic carbocycles. The molecular weight excluding hydrogens is 684 g/mol. The molecule has 0 N–H and O–H groups in total. The van der Waals surface area contributed by atoms with Gasteiger partial charge in [0.15, 0.2) is 0 Å². The quantitative estimate of drug-likeness (QED) is 0.0331. The Morgan fingerprint density at radius 1 is 0.622 bits per heavy atom. The molecule has 2 atom stereocenters. The molecule has 1 rings (SSSR count). The van der Waals surface area contributed by atoms with Crippen LogP contribution in [0.2, 0.25) is 50.4 Å². The van der Waals surface area contributed by atoms with Gasteiger partial charge in [-0.15, -0.1) is 0 Å². The standard InChI is InChI=1S/C27H50O10Si4.C3H3.V/c1-12-38(8)34-39(9,19-13-16-31-25(28)22(2)3)36-41(11,21-15-18-33-27(30)24(6)7)37-40(10,35-38)20-14-17-32-26(29)23(4)5;1-3-2;/h2,4,6,12-21H2,1,3,5,7-11H3;1H3;/q;-1;. The molecule has 1 radical (unpaired) electrons. The van der Waals surface area contributed by atoms with Crippen LogP contribution in [-0.2, 0) is 63.6 Å². The van der Waals surface area contributed by atoms with Gasteiger partial charge >= 0.3 is 52.2 Å². The molecule has 0 aromatic rings. The average molecular weight is 737 g/mol. The fourth-order valence-electron chi connectivity index (χ4n) is 4.40. The molecule has 1 aliphatic rings. The maximum Gasteiger partial charge on any atom is 0.333 e. The Bertz CT molecular complexity index is 1030. The zero-order valence-electron chi connectivity index (χ0n) is 28.7. The van der Waals surface area contributed by atoms with Gasteiger partial charge in [0.25, 0.3) is 0 Å². The third-order valence-corrected chi connectivity index (χ3v) is 25.3. The predicted octanol–water partition coefficient (Wildman–Crippen LogP) is 6.50. The van der Waals surface area contributed by atoms with Crippen molar-refractivity contribution in [3.8, 4) is 5.92 Å². The first-order chi connectivity index (χ1) is 20.3. The normalized spacial score (nSPS) is 25.8. The molecule has 1 saturated heterocycles. The molecular formula is C30H53O10Si4V-. The van der Waals surface area contributed by atoms with Crippen LogP contribution in [0.5, 0.6) is 0 Å². The van der Waals surface area contributed by atoms with Crippen molar-refractivity contribution in [3.05, 3.63) is 42.9 Å². The molecule has 0 aromatic carbocycles. The Kier molecular flexibility index (Phi) is 21.7. The van der Waals surface area contributed by atoms with E-state index in [2.05, 4.69) is 19.7 Å². The molecule has 1 aliphatic heterocycles. The number of carbonyl (C=O) groups is 3. The summed E-state index contributed by atoms with van der Waals surface area (Å²) in [5.74, 6) is 0.727. The number of carbonyl (C=O) groups excluding carboxylic acids is 3. The van der Waals surface area contributed by atoms with Crippen LogP contribution in [0.3, 0.4) is 0 Å². The molecule has 1 fully saturated rings. The fraction of sp³-hybridized carbons (Fsp3) is 0.633. The number of hydrogen-bond donors (Lipinski definition) is 0. The summed E-state index contributed by atoms with van der Waals surface area (Å²) >= 11 is 0. The molecule has 2 unspecified atom stereocenters. The molecule has 0 saturated carbocycles. The van der Waals surface area contributed by atoms with Gasteiger partial charge < -0.3 is 43.0 Å². The number of hydrogen-bond acceptors (Lipinski definition) is 10. The molecule has 45 heavy (non-hydrogen) atoms. The first-order valence-electron chi connectivity index (χ1n) is 14.9. The second-order valence-corrected chi connectivity index (χ2v) is 26.2. The summed E-state index contributed by atoms with van der Waals surface area (Å²) in [4.78, 5) is 35.6. The summed E-state index contributed by atoms with van der Waals surface area (Å²) in [7, 11) is -11.4. The summed E-state index contributed by atoms with van der Waals surface area (Å²) in [6.45, 7) is 28.1. The van der Waals surface area contributed by atoms with E-state index < -0.39 is 52.2 Å². The van der Waals surface area contributed by atoms with Crippen LogP contribution in [0, 0.1) is 12.3 Å². The minimum absolute atomic E-state index is 0. The minimum Gasteiger partial charge on any atom is -0.694 e. The van der Waals surface area contributed by atoms with Crippen molar-refractivity contribution >= 4 is 52.2 Å². The van der Waals surface area contributed by atoms with Crippen LogP contribution in [-0.4, -0.2) is 72.0 Å². The molecule has 1 heterocycles. The first kappa shape index (κ1) is 45.6.